The molecule has 1 aromatic heterocycles. The highest BCUT2D eigenvalue weighted by atomic mass is 15.3. The molecular formula is C14H24N6. The predicted octanol–water partition coefficient (Wildman–Crippen LogP) is 2.19. The molecule has 1 aromatic rings. The number of aromatic nitrogens is 3. The molecule has 0 radical (unpaired) electrons. The summed E-state index contributed by atoms with van der Waals surface area (Å²) in [5.74, 6) is 1.68. The maximum atomic E-state index is 5.86. The molecule has 20 heavy (non-hydrogen) atoms. The third-order valence-electron chi connectivity index (χ3n) is 4.64. The van der Waals surface area contributed by atoms with E-state index in [0.29, 0.717) is 11.9 Å². The molecule has 6 nitrogen and oxygen atoms in total. The molecule has 0 spiro atoms. The quantitative estimate of drug-likeness (QED) is 0.877. The minimum absolute atomic E-state index is 0.174. The third-order valence-corrected chi connectivity index (χ3v) is 4.64. The highest BCUT2D eigenvalue weighted by Crippen LogP contribution is 2.37. The van der Waals surface area contributed by atoms with Gasteiger partial charge in [-0.2, -0.15) is 15.0 Å². The van der Waals surface area contributed by atoms with E-state index < -0.39 is 0 Å². The van der Waals surface area contributed by atoms with Gasteiger partial charge in [-0.05, 0) is 44.9 Å². The minimum atomic E-state index is 0.174. The first-order valence-electron chi connectivity index (χ1n) is 7.75. The first kappa shape index (κ1) is 13.4. The van der Waals surface area contributed by atoms with E-state index in [-0.39, 0.29) is 5.54 Å². The molecule has 3 rings (SSSR count). The van der Waals surface area contributed by atoms with Gasteiger partial charge in [0, 0.05) is 18.6 Å². The molecule has 0 amide bonds. The Kier molecular flexibility index (Phi) is 3.63. The smallest absolute Gasteiger partial charge is 0.231 e. The van der Waals surface area contributed by atoms with Crippen molar-refractivity contribution in [2.24, 2.45) is 0 Å². The number of nitrogens with one attached hydrogen (secondary N) is 1. The normalized spacial score (nSPS) is 21.4. The first-order valence-corrected chi connectivity index (χ1v) is 7.75. The number of anilines is 3. The zero-order chi connectivity index (χ0) is 14.0. The summed E-state index contributed by atoms with van der Waals surface area (Å²) in [7, 11) is 0. The zero-order valence-corrected chi connectivity index (χ0v) is 12.2. The van der Waals surface area contributed by atoms with E-state index in [1.54, 1.807) is 0 Å². The number of rotatable bonds is 4. The van der Waals surface area contributed by atoms with E-state index >= 15 is 0 Å². The molecule has 1 saturated heterocycles. The van der Waals surface area contributed by atoms with E-state index in [0.717, 1.165) is 25.5 Å². The van der Waals surface area contributed by atoms with Gasteiger partial charge in [-0.25, -0.2) is 0 Å². The molecule has 0 atom stereocenters. The van der Waals surface area contributed by atoms with E-state index in [1.165, 1.54) is 38.5 Å². The fourth-order valence-electron chi connectivity index (χ4n) is 3.08. The molecular weight excluding hydrogens is 252 g/mol. The lowest BCUT2D eigenvalue weighted by atomic mass is 9.75. The van der Waals surface area contributed by atoms with Gasteiger partial charge in [0.1, 0.15) is 0 Å². The van der Waals surface area contributed by atoms with Crippen LogP contribution >= 0.6 is 0 Å². The average Bonchev–Trinajstić information content (AvgIpc) is 2.43. The molecule has 1 aliphatic heterocycles. The molecule has 1 saturated carbocycles. The Morgan fingerprint density at radius 2 is 1.85 bits per heavy atom. The minimum Gasteiger partial charge on any atom is -0.368 e. The summed E-state index contributed by atoms with van der Waals surface area (Å²) in [5.41, 5.74) is 6.03. The van der Waals surface area contributed by atoms with Crippen LogP contribution in [-0.2, 0) is 0 Å². The van der Waals surface area contributed by atoms with Crippen molar-refractivity contribution >= 4 is 17.8 Å². The van der Waals surface area contributed by atoms with Crippen molar-refractivity contribution in [1.82, 2.24) is 15.0 Å². The van der Waals surface area contributed by atoms with Gasteiger partial charge in [0.2, 0.25) is 17.8 Å². The van der Waals surface area contributed by atoms with Crippen LogP contribution in [0.1, 0.15) is 51.9 Å². The molecule has 2 heterocycles. The van der Waals surface area contributed by atoms with Crippen LogP contribution in [0.5, 0.6) is 0 Å². The SMILES string of the molecule is CCC1(Nc2nc(N)nc(N3CCCCC3)n2)CCC1. The van der Waals surface area contributed by atoms with Crippen LogP contribution in [0.4, 0.5) is 17.8 Å². The van der Waals surface area contributed by atoms with Crippen LogP contribution in [0.3, 0.4) is 0 Å². The standard InChI is InChI=1S/C14H24N6/c1-2-14(7-6-8-14)19-12-16-11(15)17-13(18-12)20-9-4-3-5-10-20/h2-10H2,1H3,(H3,15,16,17,18,19). The third kappa shape index (κ3) is 2.64. The summed E-state index contributed by atoms with van der Waals surface area (Å²) < 4.78 is 0. The summed E-state index contributed by atoms with van der Waals surface area (Å²) in [6, 6.07) is 0. The van der Waals surface area contributed by atoms with Gasteiger partial charge in [0.25, 0.3) is 0 Å². The van der Waals surface area contributed by atoms with Crippen LogP contribution in [0, 0.1) is 0 Å². The molecule has 1 aliphatic carbocycles. The Morgan fingerprint density at radius 1 is 1.10 bits per heavy atom. The van der Waals surface area contributed by atoms with Crippen molar-refractivity contribution in [2.45, 2.75) is 57.4 Å². The van der Waals surface area contributed by atoms with Crippen LogP contribution < -0.4 is 16.0 Å². The Balaban J connectivity index is 1.79. The van der Waals surface area contributed by atoms with Crippen LogP contribution in [0.2, 0.25) is 0 Å². The highest BCUT2D eigenvalue weighted by molar-refractivity contribution is 5.43. The Hall–Kier alpha value is -1.59. The zero-order valence-electron chi connectivity index (χ0n) is 12.2. The lowest BCUT2D eigenvalue weighted by Crippen LogP contribution is -2.45. The fraction of sp³-hybridized carbons (Fsp3) is 0.786. The maximum Gasteiger partial charge on any atom is 0.231 e. The van der Waals surface area contributed by atoms with Crippen molar-refractivity contribution in [3.05, 3.63) is 0 Å². The number of nitrogens with zero attached hydrogens (tertiary/aromatic N) is 4. The van der Waals surface area contributed by atoms with E-state index in [1.807, 2.05) is 0 Å². The maximum absolute atomic E-state index is 5.86. The summed E-state index contributed by atoms with van der Waals surface area (Å²) in [6.07, 6.45) is 8.45. The molecule has 0 aromatic carbocycles. The average molecular weight is 276 g/mol. The van der Waals surface area contributed by atoms with E-state index in [4.69, 9.17) is 5.73 Å². The first-order chi connectivity index (χ1) is 9.71. The summed E-state index contributed by atoms with van der Waals surface area (Å²) >= 11 is 0. The topological polar surface area (TPSA) is 80.0 Å². The second-order valence-corrected chi connectivity index (χ2v) is 5.98. The van der Waals surface area contributed by atoms with Crippen molar-refractivity contribution < 1.29 is 0 Å². The van der Waals surface area contributed by atoms with Crippen molar-refractivity contribution in [1.29, 1.82) is 0 Å². The molecule has 2 fully saturated rings. The van der Waals surface area contributed by atoms with Gasteiger partial charge in [-0.15, -0.1) is 0 Å². The molecule has 110 valence electrons. The van der Waals surface area contributed by atoms with Gasteiger partial charge in [0.05, 0.1) is 0 Å². The van der Waals surface area contributed by atoms with Gasteiger partial charge < -0.3 is 16.0 Å². The molecule has 3 N–H and O–H groups in total. The second kappa shape index (κ2) is 5.42. The van der Waals surface area contributed by atoms with Crippen LogP contribution in [-0.4, -0.2) is 33.6 Å². The van der Waals surface area contributed by atoms with Crippen molar-refractivity contribution in [3.8, 4) is 0 Å². The second-order valence-electron chi connectivity index (χ2n) is 5.98. The van der Waals surface area contributed by atoms with Gasteiger partial charge in [-0.1, -0.05) is 6.92 Å². The fourth-order valence-corrected chi connectivity index (χ4v) is 3.08. The monoisotopic (exact) mass is 276 g/mol. The molecule has 0 bridgehead atoms. The van der Waals surface area contributed by atoms with Crippen molar-refractivity contribution in [2.75, 3.05) is 29.0 Å². The Morgan fingerprint density at radius 3 is 2.45 bits per heavy atom. The van der Waals surface area contributed by atoms with Crippen molar-refractivity contribution in [3.63, 3.8) is 0 Å². The van der Waals surface area contributed by atoms with E-state index in [2.05, 4.69) is 32.1 Å². The number of hydrogen-bond acceptors (Lipinski definition) is 6. The largest absolute Gasteiger partial charge is 0.368 e. The molecule has 6 heteroatoms. The van der Waals surface area contributed by atoms with E-state index in [9.17, 15) is 0 Å². The predicted molar refractivity (Wildman–Crippen MR) is 80.8 cm³/mol. The van der Waals surface area contributed by atoms with Gasteiger partial charge >= 0.3 is 0 Å². The van der Waals surface area contributed by atoms with Crippen LogP contribution in [0.25, 0.3) is 0 Å². The Labute approximate surface area is 120 Å². The summed E-state index contributed by atoms with van der Waals surface area (Å²) in [5, 5.41) is 3.49. The lowest BCUT2D eigenvalue weighted by Gasteiger charge is -2.42. The summed E-state index contributed by atoms with van der Waals surface area (Å²) in [6.45, 7) is 4.24. The number of nitrogens with two attached hydrogens (primary N) is 1. The number of piperidine rings is 1. The lowest BCUT2D eigenvalue weighted by molar-refractivity contribution is 0.268. The van der Waals surface area contributed by atoms with Gasteiger partial charge in [0.15, 0.2) is 0 Å². The number of nitrogen functional groups attached to an aromatic ring is 1. The number of hydrogen-bond donors (Lipinski definition) is 2. The summed E-state index contributed by atoms with van der Waals surface area (Å²) in [4.78, 5) is 15.4. The Bertz CT molecular complexity index is 459. The molecule has 2 aliphatic rings. The highest BCUT2D eigenvalue weighted by Gasteiger charge is 2.35. The van der Waals surface area contributed by atoms with Gasteiger partial charge in [-0.3, -0.25) is 0 Å². The molecule has 0 unspecified atom stereocenters. The van der Waals surface area contributed by atoms with Crippen LogP contribution in [0.15, 0.2) is 0 Å².